The lowest BCUT2D eigenvalue weighted by Gasteiger charge is -2.24. The minimum absolute atomic E-state index is 0.658. The fourth-order valence-electron chi connectivity index (χ4n) is 1.23. The van der Waals surface area contributed by atoms with Gasteiger partial charge >= 0.3 is 0 Å². The van der Waals surface area contributed by atoms with Crippen LogP contribution in [0.25, 0.3) is 0 Å². The molecule has 14 heavy (non-hydrogen) atoms. The van der Waals surface area contributed by atoms with Gasteiger partial charge in [0.05, 0.1) is 17.6 Å². The minimum Gasteiger partial charge on any atom is -0.379 e. The van der Waals surface area contributed by atoms with E-state index in [9.17, 15) is 4.21 Å². The van der Waals surface area contributed by atoms with Gasteiger partial charge in [-0.15, -0.1) is 11.3 Å². The van der Waals surface area contributed by atoms with E-state index < -0.39 is 11.0 Å². The van der Waals surface area contributed by atoms with Gasteiger partial charge in [-0.3, -0.25) is 0 Å². The molecule has 78 valence electrons. The van der Waals surface area contributed by atoms with E-state index in [0.29, 0.717) is 17.6 Å². The molecule has 1 saturated heterocycles. The number of rotatable bonds is 2. The van der Waals surface area contributed by atoms with Crippen LogP contribution in [0.15, 0.2) is 16.3 Å². The first-order valence-corrected chi connectivity index (χ1v) is 6.57. The summed E-state index contributed by atoms with van der Waals surface area (Å²) in [5, 5.41) is 0. The number of hydrogen-bond acceptors (Lipinski definition) is 3. The average molecular weight is 252 g/mol. The molecule has 0 spiro atoms. The van der Waals surface area contributed by atoms with Gasteiger partial charge in [0.2, 0.25) is 0 Å². The lowest BCUT2D eigenvalue weighted by atomic mass is 10.5. The van der Waals surface area contributed by atoms with Crippen molar-refractivity contribution in [1.82, 2.24) is 4.31 Å². The van der Waals surface area contributed by atoms with Crippen molar-refractivity contribution in [2.24, 2.45) is 0 Å². The Balaban J connectivity index is 2.07. The Morgan fingerprint density at radius 3 is 2.71 bits per heavy atom. The third-order valence-corrected chi connectivity index (χ3v) is 4.94. The number of ether oxygens (including phenoxy) is 1. The molecule has 1 atom stereocenters. The maximum atomic E-state index is 11.9. The van der Waals surface area contributed by atoms with Crippen LogP contribution in [0, 0.1) is 0 Å². The number of morpholine rings is 1. The zero-order chi connectivity index (χ0) is 9.97. The first-order chi connectivity index (χ1) is 6.77. The van der Waals surface area contributed by atoms with Gasteiger partial charge < -0.3 is 4.74 Å². The summed E-state index contributed by atoms with van der Waals surface area (Å²) in [5.74, 6) is 0. The molecule has 1 unspecified atom stereocenters. The van der Waals surface area contributed by atoms with Crippen LogP contribution in [0.4, 0.5) is 0 Å². The minimum atomic E-state index is -1.06. The topological polar surface area (TPSA) is 29.5 Å². The highest BCUT2D eigenvalue weighted by Gasteiger charge is 2.19. The van der Waals surface area contributed by atoms with Gasteiger partial charge in [0.25, 0.3) is 0 Å². The Kier molecular flexibility index (Phi) is 3.57. The average Bonchev–Trinajstić information content (AvgIpc) is 2.65. The van der Waals surface area contributed by atoms with Crippen molar-refractivity contribution < 1.29 is 8.95 Å². The Labute approximate surface area is 94.2 Å². The molecule has 0 bridgehead atoms. The van der Waals surface area contributed by atoms with Crippen LogP contribution in [0.3, 0.4) is 0 Å². The lowest BCUT2D eigenvalue weighted by molar-refractivity contribution is 0.0752. The zero-order valence-corrected chi connectivity index (χ0v) is 9.83. The summed E-state index contributed by atoms with van der Waals surface area (Å²) < 4.78 is 20.5. The maximum absolute atomic E-state index is 11.9. The van der Waals surface area contributed by atoms with Gasteiger partial charge in [-0.2, -0.15) is 0 Å². The second-order valence-corrected chi connectivity index (χ2v) is 6.28. The second kappa shape index (κ2) is 4.72. The molecule has 0 amide bonds. The van der Waals surface area contributed by atoms with E-state index in [-0.39, 0.29) is 0 Å². The highest BCUT2D eigenvalue weighted by molar-refractivity contribution is 7.85. The molecule has 2 heterocycles. The Morgan fingerprint density at radius 1 is 1.43 bits per heavy atom. The molecular formula is C8H10ClNO2S2. The van der Waals surface area contributed by atoms with Crippen LogP contribution >= 0.6 is 22.9 Å². The van der Waals surface area contributed by atoms with E-state index in [0.717, 1.165) is 17.3 Å². The number of hydrogen-bond donors (Lipinski definition) is 0. The summed E-state index contributed by atoms with van der Waals surface area (Å²) in [6.07, 6.45) is 0. The molecule has 1 aromatic rings. The molecule has 1 fully saturated rings. The van der Waals surface area contributed by atoms with Crippen LogP contribution in [-0.4, -0.2) is 34.8 Å². The fourth-order valence-corrected chi connectivity index (χ4v) is 3.94. The van der Waals surface area contributed by atoms with E-state index >= 15 is 0 Å². The Bertz CT molecular complexity index is 336. The standard InChI is InChI=1S/C8H10ClNO2S2/c9-7-1-2-8(13-7)14(11)10-3-5-12-6-4-10/h1-2H,3-6H2. The third-order valence-electron chi connectivity index (χ3n) is 1.93. The van der Waals surface area contributed by atoms with Crippen molar-refractivity contribution in [2.45, 2.75) is 4.21 Å². The number of thiophene rings is 1. The van der Waals surface area contributed by atoms with Crippen LogP contribution in [0.1, 0.15) is 0 Å². The van der Waals surface area contributed by atoms with E-state index in [1.54, 1.807) is 6.07 Å². The summed E-state index contributed by atoms with van der Waals surface area (Å²) >= 11 is 7.16. The highest BCUT2D eigenvalue weighted by Crippen LogP contribution is 2.25. The largest absolute Gasteiger partial charge is 0.379 e. The van der Waals surface area contributed by atoms with Gasteiger partial charge in [-0.05, 0) is 12.1 Å². The predicted molar refractivity (Wildman–Crippen MR) is 58.1 cm³/mol. The lowest BCUT2D eigenvalue weighted by Crippen LogP contribution is -2.37. The van der Waals surface area contributed by atoms with Gasteiger partial charge in [0.15, 0.2) is 0 Å². The van der Waals surface area contributed by atoms with Crippen molar-refractivity contribution in [3.63, 3.8) is 0 Å². The van der Waals surface area contributed by atoms with E-state index in [1.165, 1.54) is 11.3 Å². The van der Waals surface area contributed by atoms with Crippen molar-refractivity contribution in [3.8, 4) is 0 Å². The molecule has 0 saturated carbocycles. The van der Waals surface area contributed by atoms with Gasteiger partial charge in [-0.1, -0.05) is 11.6 Å². The molecule has 3 nitrogen and oxygen atoms in total. The SMILES string of the molecule is O=S(c1ccc(Cl)s1)N1CCOCC1. The van der Waals surface area contributed by atoms with Crippen molar-refractivity contribution in [1.29, 1.82) is 0 Å². The van der Waals surface area contributed by atoms with E-state index in [1.807, 2.05) is 10.4 Å². The van der Waals surface area contributed by atoms with Crippen LogP contribution in [-0.2, 0) is 15.7 Å². The Hall–Kier alpha value is 0.0600. The van der Waals surface area contributed by atoms with Gasteiger partial charge in [-0.25, -0.2) is 8.51 Å². The molecule has 1 aliphatic heterocycles. The molecule has 0 aliphatic carbocycles. The summed E-state index contributed by atoms with van der Waals surface area (Å²) in [4.78, 5) is 0. The van der Waals surface area contributed by atoms with Gasteiger partial charge in [0.1, 0.15) is 15.2 Å². The summed E-state index contributed by atoms with van der Waals surface area (Å²) in [6.45, 7) is 2.76. The highest BCUT2D eigenvalue weighted by atomic mass is 35.5. The number of nitrogens with zero attached hydrogens (tertiary/aromatic N) is 1. The monoisotopic (exact) mass is 251 g/mol. The number of halogens is 1. The first kappa shape index (κ1) is 10.6. The Morgan fingerprint density at radius 2 is 2.14 bits per heavy atom. The molecule has 0 aromatic carbocycles. The molecule has 1 aromatic heterocycles. The smallest absolute Gasteiger partial charge is 0.138 e. The van der Waals surface area contributed by atoms with Crippen LogP contribution in [0.2, 0.25) is 4.34 Å². The quantitative estimate of drug-likeness (QED) is 0.802. The summed E-state index contributed by atoms with van der Waals surface area (Å²) in [5.41, 5.74) is 0. The predicted octanol–water partition coefficient (Wildman–Crippen LogP) is 1.76. The van der Waals surface area contributed by atoms with Gasteiger partial charge in [0, 0.05) is 13.1 Å². The molecule has 1 aliphatic rings. The second-order valence-electron chi connectivity index (χ2n) is 2.85. The molecule has 6 heteroatoms. The maximum Gasteiger partial charge on any atom is 0.138 e. The van der Waals surface area contributed by atoms with Crippen molar-refractivity contribution in [2.75, 3.05) is 26.3 Å². The van der Waals surface area contributed by atoms with Crippen LogP contribution in [0.5, 0.6) is 0 Å². The fraction of sp³-hybridized carbons (Fsp3) is 0.500. The summed E-state index contributed by atoms with van der Waals surface area (Å²) in [7, 11) is -1.06. The van der Waals surface area contributed by atoms with Crippen molar-refractivity contribution >= 4 is 33.9 Å². The normalized spacial score (nSPS) is 20.9. The molecule has 0 N–H and O–H groups in total. The third kappa shape index (κ3) is 2.35. The zero-order valence-electron chi connectivity index (χ0n) is 7.44. The van der Waals surface area contributed by atoms with Crippen LogP contribution < -0.4 is 0 Å². The van der Waals surface area contributed by atoms with E-state index in [2.05, 4.69) is 0 Å². The summed E-state index contributed by atoms with van der Waals surface area (Å²) in [6, 6.07) is 3.60. The van der Waals surface area contributed by atoms with E-state index in [4.69, 9.17) is 16.3 Å². The molecule has 0 radical (unpaired) electrons. The molecular weight excluding hydrogens is 242 g/mol. The first-order valence-electron chi connectivity index (χ1n) is 4.27. The molecule has 2 rings (SSSR count). The van der Waals surface area contributed by atoms with Crippen molar-refractivity contribution in [3.05, 3.63) is 16.5 Å².